The second kappa shape index (κ2) is 14.6. The summed E-state index contributed by atoms with van der Waals surface area (Å²) in [6, 6.07) is 0. The minimum Gasteiger partial charge on any atom is -0.376 e. The largest absolute Gasteiger partial charge is 0.376 e. The third-order valence-corrected chi connectivity index (χ3v) is 4.60. The molecule has 8 nitrogen and oxygen atoms in total. The number of hydrogen-bond acceptors (Lipinski definition) is 7. The first-order chi connectivity index (χ1) is 13.0. The minimum atomic E-state index is -0.816. The number of aliphatic hydroxyl groups is 2. The minimum absolute atomic E-state index is 0.0866. The zero-order chi connectivity index (χ0) is 19.9. The van der Waals surface area contributed by atoms with Crippen LogP contribution < -0.4 is 16.4 Å². The fourth-order valence-corrected chi connectivity index (χ4v) is 3.06. The van der Waals surface area contributed by atoms with E-state index in [9.17, 15) is 19.8 Å². The fourth-order valence-electron chi connectivity index (χ4n) is 3.06. The number of carbonyl (C=O) groups is 2. The molecule has 1 rings (SSSR count). The molecular formula is C19H35N3O5. The van der Waals surface area contributed by atoms with Gasteiger partial charge in [0.2, 0.25) is 5.91 Å². The first-order valence-corrected chi connectivity index (χ1v) is 9.86. The Labute approximate surface area is 161 Å². The molecule has 0 saturated carbocycles. The molecule has 156 valence electrons. The summed E-state index contributed by atoms with van der Waals surface area (Å²) in [6.07, 6.45) is 8.65. The van der Waals surface area contributed by atoms with Gasteiger partial charge in [-0.2, -0.15) is 0 Å². The highest BCUT2D eigenvalue weighted by Gasteiger charge is 2.16. The van der Waals surface area contributed by atoms with E-state index >= 15 is 0 Å². The number of carbonyl (C=O) groups excluding carboxylic acids is 2. The maximum atomic E-state index is 10.6. The number of rotatable bonds is 16. The van der Waals surface area contributed by atoms with E-state index in [-0.39, 0.29) is 19.1 Å². The summed E-state index contributed by atoms with van der Waals surface area (Å²) < 4.78 is 5.33. The van der Waals surface area contributed by atoms with Gasteiger partial charge in [0.25, 0.3) is 0 Å². The van der Waals surface area contributed by atoms with Crippen LogP contribution in [0.4, 0.5) is 0 Å². The summed E-state index contributed by atoms with van der Waals surface area (Å²) in [5.74, 6) is 0.261. The van der Waals surface area contributed by atoms with Crippen molar-refractivity contribution in [1.29, 1.82) is 0 Å². The molecule has 0 heterocycles. The zero-order valence-electron chi connectivity index (χ0n) is 16.1. The molecular weight excluding hydrogens is 350 g/mol. The summed E-state index contributed by atoms with van der Waals surface area (Å²) in [5.41, 5.74) is 6.07. The van der Waals surface area contributed by atoms with Gasteiger partial charge in [-0.25, -0.2) is 0 Å². The molecule has 3 atom stereocenters. The molecule has 27 heavy (non-hydrogen) atoms. The molecule has 6 N–H and O–H groups in total. The van der Waals surface area contributed by atoms with Crippen molar-refractivity contribution >= 4 is 12.2 Å². The Balaban J connectivity index is 2.03. The molecule has 0 fully saturated rings. The van der Waals surface area contributed by atoms with E-state index in [0.29, 0.717) is 25.3 Å². The van der Waals surface area contributed by atoms with E-state index in [1.807, 2.05) is 0 Å². The van der Waals surface area contributed by atoms with Crippen LogP contribution in [0.25, 0.3) is 0 Å². The third kappa shape index (κ3) is 12.5. The Morgan fingerprint density at radius 2 is 2.07 bits per heavy atom. The number of nitrogens with one attached hydrogen (secondary N) is 2. The van der Waals surface area contributed by atoms with E-state index in [1.54, 1.807) is 0 Å². The van der Waals surface area contributed by atoms with Crippen LogP contribution in [0.3, 0.4) is 0 Å². The Bertz CT molecular complexity index is 459. The maximum absolute atomic E-state index is 10.6. The van der Waals surface area contributed by atoms with Crippen LogP contribution in [0.1, 0.15) is 57.8 Å². The Morgan fingerprint density at radius 1 is 1.30 bits per heavy atom. The SMILES string of the molecule is NC(=O)CCCCCN[C@@H](O)COC[C@@H](O)NC1=CC[C@H](CCC=O)CC1. The van der Waals surface area contributed by atoms with Crippen LogP contribution in [0.5, 0.6) is 0 Å². The van der Waals surface area contributed by atoms with Crippen molar-refractivity contribution in [3.8, 4) is 0 Å². The van der Waals surface area contributed by atoms with Crippen molar-refractivity contribution < 1.29 is 24.5 Å². The molecule has 0 spiro atoms. The van der Waals surface area contributed by atoms with Crippen LogP contribution >= 0.6 is 0 Å². The number of hydrogen-bond donors (Lipinski definition) is 5. The zero-order valence-corrected chi connectivity index (χ0v) is 16.1. The number of allylic oxidation sites excluding steroid dienone is 2. The van der Waals surface area contributed by atoms with Gasteiger partial charge in [-0.15, -0.1) is 0 Å². The second-order valence-corrected chi connectivity index (χ2v) is 7.06. The number of ether oxygens (including phenoxy) is 1. The molecule has 0 bridgehead atoms. The summed E-state index contributed by atoms with van der Waals surface area (Å²) in [6.45, 7) is 0.804. The van der Waals surface area contributed by atoms with E-state index in [4.69, 9.17) is 10.5 Å². The lowest BCUT2D eigenvalue weighted by molar-refractivity contribution is -0.118. The molecule has 0 radical (unpaired) electrons. The van der Waals surface area contributed by atoms with Crippen molar-refractivity contribution in [2.24, 2.45) is 11.7 Å². The Morgan fingerprint density at radius 3 is 2.74 bits per heavy atom. The van der Waals surface area contributed by atoms with Crippen LogP contribution in [-0.2, 0) is 14.3 Å². The molecule has 0 aromatic rings. The third-order valence-electron chi connectivity index (χ3n) is 4.60. The Hall–Kier alpha value is -1.48. The van der Waals surface area contributed by atoms with Crippen LogP contribution in [0.2, 0.25) is 0 Å². The highest BCUT2D eigenvalue weighted by atomic mass is 16.5. The predicted molar refractivity (Wildman–Crippen MR) is 102 cm³/mol. The van der Waals surface area contributed by atoms with Gasteiger partial charge in [0.1, 0.15) is 18.7 Å². The summed E-state index contributed by atoms with van der Waals surface area (Å²) >= 11 is 0. The van der Waals surface area contributed by atoms with Gasteiger partial charge in [0, 0.05) is 18.5 Å². The van der Waals surface area contributed by atoms with Crippen LogP contribution in [0.15, 0.2) is 11.8 Å². The smallest absolute Gasteiger partial charge is 0.217 e. The van der Waals surface area contributed by atoms with Crippen molar-refractivity contribution in [2.75, 3.05) is 19.8 Å². The molecule has 8 heteroatoms. The number of nitrogens with two attached hydrogens (primary N) is 1. The number of amides is 1. The first kappa shape index (κ1) is 23.6. The fraction of sp³-hybridized carbons (Fsp3) is 0.789. The highest BCUT2D eigenvalue weighted by Crippen LogP contribution is 2.25. The lowest BCUT2D eigenvalue weighted by Gasteiger charge is -2.24. The van der Waals surface area contributed by atoms with Crippen molar-refractivity contribution in [3.05, 3.63) is 11.8 Å². The van der Waals surface area contributed by atoms with Gasteiger partial charge < -0.3 is 30.8 Å². The number of aliphatic hydroxyl groups excluding tert-OH is 2. The van der Waals surface area contributed by atoms with E-state index in [2.05, 4.69) is 16.7 Å². The Kier molecular flexibility index (Phi) is 12.7. The molecule has 0 saturated heterocycles. The highest BCUT2D eigenvalue weighted by molar-refractivity contribution is 5.73. The van der Waals surface area contributed by atoms with Crippen LogP contribution in [-0.4, -0.2) is 54.6 Å². The van der Waals surface area contributed by atoms with Crippen molar-refractivity contribution in [3.63, 3.8) is 0 Å². The summed E-state index contributed by atoms with van der Waals surface area (Å²) in [7, 11) is 0. The van der Waals surface area contributed by atoms with Gasteiger partial charge in [-0.3, -0.25) is 10.1 Å². The summed E-state index contributed by atoms with van der Waals surface area (Å²) in [4.78, 5) is 21.0. The van der Waals surface area contributed by atoms with E-state index < -0.39 is 12.5 Å². The second-order valence-electron chi connectivity index (χ2n) is 7.06. The lowest BCUT2D eigenvalue weighted by atomic mass is 9.89. The average Bonchev–Trinajstić information content (AvgIpc) is 2.63. The van der Waals surface area contributed by atoms with Gasteiger partial charge in [0.15, 0.2) is 0 Å². The van der Waals surface area contributed by atoms with E-state index in [0.717, 1.165) is 56.9 Å². The van der Waals surface area contributed by atoms with Gasteiger partial charge in [-0.1, -0.05) is 12.5 Å². The normalized spacial score (nSPS) is 19.2. The van der Waals surface area contributed by atoms with Crippen molar-refractivity contribution in [2.45, 2.75) is 70.2 Å². The van der Waals surface area contributed by atoms with Gasteiger partial charge >= 0.3 is 0 Å². The first-order valence-electron chi connectivity index (χ1n) is 9.86. The molecule has 1 aliphatic carbocycles. The topological polar surface area (TPSA) is 134 Å². The molecule has 0 unspecified atom stereocenters. The monoisotopic (exact) mass is 385 g/mol. The number of unbranched alkanes of at least 4 members (excludes halogenated alkanes) is 2. The van der Waals surface area contributed by atoms with Crippen molar-refractivity contribution in [1.82, 2.24) is 10.6 Å². The molecule has 0 aromatic heterocycles. The maximum Gasteiger partial charge on any atom is 0.217 e. The number of primary amides is 1. The molecule has 0 aromatic carbocycles. The average molecular weight is 386 g/mol. The lowest BCUT2D eigenvalue weighted by Crippen LogP contribution is -2.38. The standard InChI is InChI=1S/C19H35N3O5/c20-17(24)6-2-1-3-11-21-18(25)13-27-14-19(26)22-16-9-7-15(8-10-16)5-4-12-23/h9,12,15,18-19,21-22,25-26H,1-8,10-11,13-14H2,(H2,20,24)/t15-,18-,19+/m0/s1. The predicted octanol–water partition coefficient (Wildman–Crippen LogP) is 0.528. The molecule has 0 aliphatic heterocycles. The quantitative estimate of drug-likeness (QED) is 0.149. The van der Waals surface area contributed by atoms with Gasteiger partial charge in [-0.05, 0) is 51.0 Å². The van der Waals surface area contributed by atoms with E-state index in [1.165, 1.54) is 0 Å². The molecule has 1 aliphatic rings. The summed E-state index contributed by atoms with van der Waals surface area (Å²) in [5, 5.41) is 25.7. The number of aldehydes is 1. The van der Waals surface area contributed by atoms with Gasteiger partial charge in [0.05, 0.1) is 13.2 Å². The van der Waals surface area contributed by atoms with Crippen LogP contribution in [0, 0.1) is 5.92 Å². The molecule has 1 amide bonds.